The van der Waals surface area contributed by atoms with Crippen LogP contribution in [0.5, 0.6) is 0 Å². The second kappa shape index (κ2) is 4.29. The number of hydrogen-bond acceptors (Lipinski definition) is 2. The maximum absolute atomic E-state index is 8.46. The molecule has 13 heavy (non-hydrogen) atoms. The van der Waals surface area contributed by atoms with Gasteiger partial charge in [0.15, 0.2) is 0 Å². The molecule has 0 amide bonds. The summed E-state index contributed by atoms with van der Waals surface area (Å²) in [7, 11) is 0. The smallest absolute Gasteiger partial charge is 0.131 e. The van der Waals surface area contributed by atoms with Crippen LogP contribution in [0.4, 0.5) is 0 Å². The molecule has 0 unspecified atom stereocenters. The van der Waals surface area contributed by atoms with E-state index in [2.05, 4.69) is 11.1 Å². The first-order chi connectivity index (χ1) is 6.20. The van der Waals surface area contributed by atoms with Gasteiger partial charge >= 0.3 is 0 Å². The summed E-state index contributed by atoms with van der Waals surface area (Å²) >= 11 is 6.02. The lowest BCUT2D eigenvalue weighted by molar-refractivity contribution is 0.671. The lowest BCUT2D eigenvalue weighted by Crippen LogP contribution is -2.02. The van der Waals surface area contributed by atoms with Gasteiger partial charge in [-0.2, -0.15) is 5.26 Å². The maximum atomic E-state index is 8.46. The number of rotatable bonds is 3. The van der Waals surface area contributed by atoms with Crippen molar-refractivity contribution in [3.8, 4) is 6.07 Å². The summed E-state index contributed by atoms with van der Waals surface area (Å²) in [5.74, 6) is 0.956. The lowest BCUT2D eigenvalue weighted by Gasteiger charge is -2.03. The van der Waals surface area contributed by atoms with E-state index in [0.717, 1.165) is 17.9 Å². The number of nitrogens with zero attached hydrogens (tertiary/aromatic N) is 3. The third-order valence-electron chi connectivity index (χ3n) is 1.91. The summed E-state index contributed by atoms with van der Waals surface area (Å²) in [6.07, 6.45) is 1.32. The van der Waals surface area contributed by atoms with E-state index in [0.29, 0.717) is 18.1 Å². The average Bonchev–Trinajstić information content (AvgIpc) is 2.40. The molecule has 3 nitrogen and oxygen atoms in total. The molecule has 0 spiro atoms. The Labute approximate surface area is 83.0 Å². The maximum Gasteiger partial charge on any atom is 0.131 e. The standard InChI is InChI=1S/C9H12ClN3/c1-3-8-12-7(2)9(10)13(8)6-4-5-11/h3-4,6H2,1-2H3. The SMILES string of the molecule is CCc1nc(C)c(Cl)n1CCC#N. The molecule has 0 saturated heterocycles. The van der Waals surface area contributed by atoms with Crippen LogP contribution < -0.4 is 0 Å². The van der Waals surface area contributed by atoms with Crippen molar-refractivity contribution in [1.82, 2.24) is 9.55 Å². The zero-order chi connectivity index (χ0) is 9.84. The molecule has 4 heteroatoms. The Morgan fingerprint density at radius 3 is 2.85 bits per heavy atom. The topological polar surface area (TPSA) is 41.6 Å². The van der Waals surface area contributed by atoms with E-state index in [9.17, 15) is 0 Å². The van der Waals surface area contributed by atoms with Gasteiger partial charge in [-0.3, -0.25) is 0 Å². The number of imidazole rings is 1. The van der Waals surface area contributed by atoms with Crippen molar-refractivity contribution in [2.45, 2.75) is 33.2 Å². The van der Waals surface area contributed by atoms with E-state index >= 15 is 0 Å². The van der Waals surface area contributed by atoms with Gasteiger partial charge in [0, 0.05) is 13.0 Å². The normalized spacial score (nSPS) is 10.0. The first kappa shape index (κ1) is 10.1. The van der Waals surface area contributed by atoms with Crippen LogP contribution in [0.2, 0.25) is 5.15 Å². The molecule has 1 rings (SSSR count). The molecule has 1 aromatic rings. The largest absolute Gasteiger partial charge is 0.318 e. The molecular weight excluding hydrogens is 186 g/mol. The highest BCUT2D eigenvalue weighted by Crippen LogP contribution is 2.17. The number of hydrogen-bond donors (Lipinski definition) is 0. The zero-order valence-corrected chi connectivity index (χ0v) is 8.60. The fourth-order valence-corrected chi connectivity index (χ4v) is 1.49. The molecule has 0 fully saturated rings. The van der Waals surface area contributed by atoms with Gasteiger partial charge in [0.05, 0.1) is 18.2 Å². The predicted octanol–water partition coefficient (Wildman–Crippen LogP) is 2.32. The van der Waals surface area contributed by atoms with Crippen LogP contribution in [0.3, 0.4) is 0 Å². The van der Waals surface area contributed by atoms with E-state index in [1.54, 1.807) is 0 Å². The van der Waals surface area contributed by atoms with Crippen LogP contribution in [-0.4, -0.2) is 9.55 Å². The van der Waals surface area contributed by atoms with Crippen molar-refractivity contribution in [3.63, 3.8) is 0 Å². The highest BCUT2D eigenvalue weighted by atomic mass is 35.5. The average molecular weight is 198 g/mol. The predicted molar refractivity (Wildman–Crippen MR) is 51.6 cm³/mol. The van der Waals surface area contributed by atoms with Gasteiger partial charge in [0.2, 0.25) is 0 Å². The van der Waals surface area contributed by atoms with Gasteiger partial charge in [-0.25, -0.2) is 4.98 Å². The minimum absolute atomic E-state index is 0.475. The molecule has 0 radical (unpaired) electrons. The molecule has 0 saturated carbocycles. The van der Waals surface area contributed by atoms with Crippen molar-refractivity contribution in [2.75, 3.05) is 0 Å². The minimum atomic E-state index is 0.475. The Bertz CT molecular complexity index is 335. The minimum Gasteiger partial charge on any atom is -0.318 e. The van der Waals surface area contributed by atoms with E-state index < -0.39 is 0 Å². The second-order valence-corrected chi connectivity index (χ2v) is 3.18. The van der Waals surface area contributed by atoms with E-state index in [-0.39, 0.29) is 0 Å². The van der Waals surface area contributed by atoms with Gasteiger partial charge in [-0.15, -0.1) is 0 Å². The summed E-state index contributed by atoms with van der Waals surface area (Å²) in [6.45, 7) is 4.55. The van der Waals surface area contributed by atoms with E-state index in [1.807, 2.05) is 18.4 Å². The Kier molecular flexibility index (Phi) is 3.32. The second-order valence-electron chi connectivity index (χ2n) is 2.82. The summed E-state index contributed by atoms with van der Waals surface area (Å²) < 4.78 is 1.90. The molecule has 0 aliphatic carbocycles. The summed E-state index contributed by atoms with van der Waals surface area (Å²) in [5.41, 5.74) is 0.844. The first-order valence-electron chi connectivity index (χ1n) is 4.29. The number of aromatic nitrogens is 2. The third-order valence-corrected chi connectivity index (χ3v) is 2.38. The molecule has 0 bridgehead atoms. The summed E-state index contributed by atoms with van der Waals surface area (Å²) in [5, 5.41) is 9.12. The summed E-state index contributed by atoms with van der Waals surface area (Å²) in [4.78, 5) is 4.30. The van der Waals surface area contributed by atoms with E-state index in [4.69, 9.17) is 16.9 Å². The van der Waals surface area contributed by atoms with Crippen molar-refractivity contribution < 1.29 is 0 Å². The van der Waals surface area contributed by atoms with Gasteiger partial charge in [0.25, 0.3) is 0 Å². The fraction of sp³-hybridized carbons (Fsp3) is 0.556. The van der Waals surface area contributed by atoms with Crippen molar-refractivity contribution >= 4 is 11.6 Å². The zero-order valence-electron chi connectivity index (χ0n) is 7.84. The van der Waals surface area contributed by atoms with Gasteiger partial charge in [-0.05, 0) is 6.92 Å². The third kappa shape index (κ3) is 2.02. The van der Waals surface area contributed by atoms with Crippen LogP contribution in [0.15, 0.2) is 0 Å². The van der Waals surface area contributed by atoms with Crippen LogP contribution in [0.1, 0.15) is 24.9 Å². The lowest BCUT2D eigenvalue weighted by atomic mass is 10.4. The van der Waals surface area contributed by atoms with Gasteiger partial charge in [0.1, 0.15) is 11.0 Å². The molecule has 0 N–H and O–H groups in total. The molecular formula is C9H12ClN3. The van der Waals surface area contributed by atoms with Gasteiger partial charge < -0.3 is 4.57 Å². The van der Waals surface area contributed by atoms with Gasteiger partial charge in [-0.1, -0.05) is 18.5 Å². The molecule has 0 atom stereocenters. The number of nitriles is 1. The summed E-state index contributed by atoms with van der Waals surface area (Å²) in [6, 6.07) is 2.10. The van der Waals surface area contributed by atoms with Crippen molar-refractivity contribution in [2.24, 2.45) is 0 Å². The Balaban J connectivity index is 2.96. The van der Waals surface area contributed by atoms with E-state index in [1.165, 1.54) is 0 Å². The van der Waals surface area contributed by atoms with Crippen molar-refractivity contribution in [1.29, 1.82) is 5.26 Å². The Morgan fingerprint density at radius 2 is 2.31 bits per heavy atom. The molecule has 70 valence electrons. The molecule has 0 aliphatic rings. The molecule has 0 aliphatic heterocycles. The number of aryl methyl sites for hydroxylation is 2. The van der Waals surface area contributed by atoms with Crippen molar-refractivity contribution in [3.05, 3.63) is 16.7 Å². The molecule has 1 aromatic heterocycles. The van der Waals surface area contributed by atoms with Crippen LogP contribution >= 0.6 is 11.6 Å². The fourth-order valence-electron chi connectivity index (χ4n) is 1.27. The monoisotopic (exact) mass is 197 g/mol. The van der Waals surface area contributed by atoms with Crippen LogP contribution in [0, 0.1) is 18.3 Å². The highest BCUT2D eigenvalue weighted by Gasteiger charge is 2.09. The van der Waals surface area contributed by atoms with Crippen LogP contribution in [-0.2, 0) is 13.0 Å². The number of halogens is 1. The molecule has 1 heterocycles. The Morgan fingerprint density at radius 1 is 1.62 bits per heavy atom. The van der Waals surface area contributed by atoms with Crippen LogP contribution in [0.25, 0.3) is 0 Å². The quantitative estimate of drug-likeness (QED) is 0.746. The molecule has 0 aromatic carbocycles. The highest BCUT2D eigenvalue weighted by molar-refractivity contribution is 6.30. The first-order valence-corrected chi connectivity index (χ1v) is 4.67. The Hall–Kier alpha value is -1.01.